The molecule has 1 fully saturated rings. The summed E-state index contributed by atoms with van der Waals surface area (Å²) in [7, 11) is 0. The molecular weight excluding hydrogens is 253 g/mol. The fourth-order valence-electron chi connectivity index (χ4n) is 1.92. The standard InChI is InChI=1S/C10H13Cl2NOS/c11-8-5-6(10(12)15-8)9(14)7-3-1-2-4-13-7/h5,7,9,13-14H,1-4H2. The zero-order valence-corrected chi connectivity index (χ0v) is 10.5. The minimum absolute atomic E-state index is 0.113. The molecule has 5 heteroatoms. The van der Waals surface area contributed by atoms with Gasteiger partial charge in [-0.05, 0) is 25.5 Å². The number of hydrogen-bond donors (Lipinski definition) is 2. The van der Waals surface area contributed by atoms with Gasteiger partial charge in [-0.25, -0.2) is 0 Å². The van der Waals surface area contributed by atoms with Gasteiger partial charge in [-0.1, -0.05) is 29.6 Å². The first-order valence-electron chi connectivity index (χ1n) is 5.04. The summed E-state index contributed by atoms with van der Waals surface area (Å²) in [6.45, 7) is 0.969. The summed E-state index contributed by atoms with van der Waals surface area (Å²) < 4.78 is 1.23. The van der Waals surface area contributed by atoms with Gasteiger partial charge in [0.25, 0.3) is 0 Å². The lowest BCUT2D eigenvalue weighted by atomic mass is 9.96. The third-order valence-electron chi connectivity index (χ3n) is 2.73. The van der Waals surface area contributed by atoms with E-state index in [1.54, 1.807) is 6.07 Å². The molecule has 0 radical (unpaired) electrons. The molecule has 0 saturated carbocycles. The molecular formula is C10H13Cl2NOS. The first kappa shape index (κ1) is 11.7. The van der Waals surface area contributed by atoms with Gasteiger partial charge in [0.2, 0.25) is 0 Å². The van der Waals surface area contributed by atoms with E-state index in [0.29, 0.717) is 8.67 Å². The summed E-state index contributed by atoms with van der Waals surface area (Å²) in [6.07, 6.45) is 2.79. The maximum Gasteiger partial charge on any atom is 0.100 e. The van der Waals surface area contributed by atoms with E-state index in [1.165, 1.54) is 17.8 Å². The average Bonchev–Trinajstić information content (AvgIpc) is 2.58. The molecule has 0 aromatic carbocycles. The van der Waals surface area contributed by atoms with Crippen molar-refractivity contribution >= 4 is 34.5 Å². The SMILES string of the molecule is OC(c1cc(Cl)sc1Cl)C1CCCCN1. The smallest absolute Gasteiger partial charge is 0.100 e. The number of hydrogen-bond acceptors (Lipinski definition) is 3. The van der Waals surface area contributed by atoms with Gasteiger partial charge in [0.1, 0.15) is 4.34 Å². The Labute approximate surface area is 103 Å². The van der Waals surface area contributed by atoms with Crippen molar-refractivity contribution in [3.05, 3.63) is 20.3 Å². The zero-order chi connectivity index (χ0) is 10.8. The Morgan fingerprint density at radius 1 is 1.47 bits per heavy atom. The van der Waals surface area contributed by atoms with E-state index >= 15 is 0 Å². The second-order valence-corrected chi connectivity index (χ2v) is 6.07. The molecule has 2 heterocycles. The van der Waals surface area contributed by atoms with Crippen molar-refractivity contribution in [2.45, 2.75) is 31.4 Å². The molecule has 2 unspecified atom stereocenters. The number of nitrogens with one attached hydrogen (secondary N) is 1. The molecule has 0 aliphatic carbocycles. The summed E-state index contributed by atoms with van der Waals surface area (Å²) in [5.74, 6) is 0. The molecule has 2 rings (SSSR count). The Bertz CT molecular complexity index is 336. The largest absolute Gasteiger partial charge is 0.387 e. The number of halogens is 2. The van der Waals surface area contributed by atoms with Crippen molar-refractivity contribution in [1.82, 2.24) is 5.32 Å². The lowest BCUT2D eigenvalue weighted by molar-refractivity contribution is 0.114. The second kappa shape index (κ2) is 5.02. The van der Waals surface area contributed by atoms with Gasteiger partial charge >= 0.3 is 0 Å². The summed E-state index contributed by atoms with van der Waals surface area (Å²) in [5, 5.41) is 13.4. The van der Waals surface area contributed by atoms with Crippen LogP contribution in [-0.2, 0) is 0 Å². The van der Waals surface area contributed by atoms with Crippen LogP contribution in [0.1, 0.15) is 30.9 Å². The van der Waals surface area contributed by atoms with Gasteiger partial charge in [0.15, 0.2) is 0 Å². The molecule has 84 valence electrons. The molecule has 1 saturated heterocycles. The van der Waals surface area contributed by atoms with E-state index in [0.717, 1.165) is 24.9 Å². The van der Waals surface area contributed by atoms with E-state index in [9.17, 15) is 5.11 Å². The van der Waals surface area contributed by atoms with Crippen LogP contribution >= 0.6 is 34.5 Å². The maximum absolute atomic E-state index is 10.1. The molecule has 1 aliphatic heterocycles. The third kappa shape index (κ3) is 2.66. The van der Waals surface area contributed by atoms with Gasteiger partial charge in [0.05, 0.1) is 10.4 Å². The molecule has 0 spiro atoms. The lowest BCUT2D eigenvalue weighted by Gasteiger charge is -2.27. The molecule has 1 aromatic heterocycles. The Morgan fingerprint density at radius 3 is 2.80 bits per heavy atom. The Balaban J connectivity index is 2.12. The van der Waals surface area contributed by atoms with Gasteiger partial charge in [-0.3, -0.25) is 0 Å². The fourth-order valence-corrected chi connectivity index (χ4v) is 3.46. The number of piperidine rings is 1. The Kier molecular flexibility index (Phi) is 3.91. The van der Waals surface area contributed by atoms with Crippen LogP contribution < -0.4 is 5.32 Å². The van der Waals surface area contributed by atoms with Crippen molar-refractivity contribution < 1.29 is 5.11 Å². The third-order valence-corrected chi connectivity index (χ3v) is 4.25. The average molecular weight is 266 g/mol. The van der Waals surface area contributed by atoms with E-state index in [4.69, 9.17) is 23.2 Å². The lowest BCUT2D eigenvalue weighted by Crippen LogP contribution is -2.38. The quantitative estimate of drug-likeness (QED) is 0.861. The van der Waals surface area contributed by atoms with Gasteiger partial charge in [0, 0.05) is 11.6 Å². The van der Waals surface area contributed by atoms with Crippen LogP contribution in [0.25, 0.3) is 0 Å². The van der Waals surface area contributed by atoms with Crippen LogP contribution in [0.2, 0.25) is 8.67 Å². The highest BCUT2D eigenvalue weighted by Crippen LogP contribution is 2.37. The van der Waals surface area contributed by atoms with Crippen molar-refractivity contribution in [3.8, 4) is 0 Å². The first-order valence-corrected chi connectivity index (χ1v) is 6.62. The van der Waals surface area contributed by atoms with Crippen molar-refractivity contribution in [1.29, 1.82) is 0 Å². The second-order valence-electron chi connectivity index (χ2n) is 3.78. The van der Waals surface area contributed by atoms with Crippen LogP contribution in [0, 0.1) is 0 Å². The topological polar surface area (TPSA) is 32.3 Å². The monoisotopic (exact) mass is 265 g/mol. The Hall–Kier alpha value is 0.200. The number of rotatable bonds is 2. The summed E-state index contributed by atoms with van der Waals surface area (Å²) in [4.78, 5) is 0. The van der Waals surface area contributed by atoms with Crippen molar-refractivity contribution in [3.63, 3.8) is 0 Å². The number of aliphatic hydroxyl groups excluding tert-OH is 1. The van der Waals surface area contributed by atoms with Gasteiger partial charge < -0.3 is 10.4 Å². The molecule has 0 bridgehead atoms. The van der Waals surface area contributed by atoms with Gasteiger partial charge in [-0.15, -0.1) is 11.3 Å². The fraction of sp³-hybridized carbons (Fsp3) is 0.600. The van der Waals surface area contributed by atoms with Crippen LogP contribution in [0.4, 0.5) is 0 Å². The van der Waals surface area contributed by atoms with E-state index in [-0.39, 0.29) is 6.04 Å². The molecule has 2 atom stereocenters. The van der Waals surface area contributed by atoms with Crippen molar-refractivity contribution in [2.24, 2.45) is 0 Å². The summed E-state index contributed by atoms with van der Waals surface area (Å²) >= 11 is 13.2. The molecule has 15 heavy (non-hydrogen) atoms. The van der Waals surface area contributed by atoms with E-state index in [1.807, 2.05) is 0 Å². The van der Waals surface area contributed by atoms with Crippen LogP contribution in [0.3, 0.4) is 0 Å². The van der Waals surface area contributed by atoms with Crippen molar-refractivity contribution in [2.75, 3.05) is 6.54 Å². The highest BCUT2D eigenvalue weighted by molar-refractivity contribution is 7.20. The number of aliphatic hydroxyl groups is 1. The predicted molar refractivity (Wildman–Crippen MR) is 64.9 cm³/mol. The zero-order valence-electron chi connectivity index (χ0n) is 8.17. The molecule has 0 amide bonds. The highest BCUT2D eigenvalue weighted by Gasteiger charge is 2.25. The molecule has 2 N–H and O–H groups in total. The minimum atomic E-state index is -0.540. The minimum Gasteiger partial charge on any atom is -0.387 e. The summed E-state index contributed by atoms with van der Waals surface area (Å²) in [5.41, 5.74) is 0.756. The normalized spacial score (nSPS) is 24.1. The highest BCUT2D eigenvalue weighted by atomic mass is 35.5. The van der Waals surface area contributed by atoms with Gasteiger partial charge in [-0.2, -0.15) is 0 Å². The van der Waals surface area contributed by atoms with Crippen LogP contribution in [0.15, 0.2) is 6.07 Å². The van der Waals surface area contributed by atoms with E-state index in [2.05, 4.69) is 5.32 Å². The van der Waals surface area contributed by atoms with E-state index < -0.39 is 6.10 Å². The molecule has 1 aromatic rings. The molecule has 1 aliphatic rings. The predicted octanol–water partition coefficient (Wildman–Crippen LogP) is 3.23. The Morgan fingerprint density at radius 2 is 2.27 bits per heavy atom. The summed E-state index contributed by atoms with van der Waals surface area (Å²) in [6, 6.07) is 1.87. The maximum atomic E-state index is 10.1. The molecule has 2 nitrogen and oxygen atoms in total. The van der Waals surface area contributed by atoms with Crippen LogP contribution in [-0.4, -0.2) is 17.7 Å². The number of thiophene rings is 1. The van der Waals surface area contributed by atoms with Crippen LogP contribution in [0.5, 0.6) is 0 Å². The first-order chi connectivity index (χ1) is 7.18.